The number of fused-ring (bicyclic) bond motifs is 2. The summed E-state index contributed by atoms with van der Waals surface area (Å²) in [5.74, 6) is 0.719. The highest BCUT2D eigenvalue weighted by molar-refractivity contribution is 6.32. The van der Waals surface area contributed by atoms with Crippen LogP contribution >= 0.6 is 11.6 Å². The van der Waals surface area contributed by atoms with Gasteiger partial charge in [0.05, 0.1) is 23.4 Å². The van der Waals surface area contributed by atoms with Crippen molar-refractivity contribution in [2.24, 2.45) is 5.92 Å². The second kappa shape index (κ2) is 8.32. The van der Waals surface area contributed by atoms with E-state index in [1.165, 1.54) is 5.69 Å². The predicted molar refractivity (Wildman–Crippen MR) is 121 cm³/mol. The lowest BCUT2D eigenvalue weighted by atomic mass is 9.81. The maximum atomic E-state index is 13.1. The Bertz CT molecular complexity index is 1010. The van der Waals surface area contributed by atoms with Gasteiger partial charge in [0, 0.05) is 43.4 Å². The van der Waals surface area contributed by atoms with E-state index >= 15 is 0 Å². The van der Waals surface area contributed by atoms with Crippen molar-refractivity contribution in [3.63, 3.8) is 0 Å². The first-order valence-corrected chi connectivity index (χ1v) is 11.2. The Morgan fingerprint density at radius 1 is 1.06 bits per heavy atom. The van der Waals surface area contributed by atoms with E-state index in [4.69, 9.17) is 16.3 Å². The van der Waals surface area contributed by atoms with E-state index in [0.29, 0.717) is 29.4 Å². The highest BCUT2D eigenvalue weighted by Gasteiger charge is 2.45. The van der Waals surface area contributed by atoms with Gasteiger partial charge in [-0.15, -0.1) is 0 Å². The van der Waals surface area contributed by atoms with Gasteiger partial charge in [-0.2, -0.15) is 0 Å². The van der Waals surface area contributed by atoms with E-state index in [0.717, 1.165) is 31.6 Å². The van der Waals surface area contributed by atoms with Gasteiger partial charge in [0.25, 0.3) is 5.91 Å². The maximum absolute atomic E-state index is 13.1. The maximum Gasteiger partial charge on any atom is 0.253 e. The lowest BCUT2D eigenvalue weighted by Gasteiger charge is -2.50. The molecule has 1 spiro atoms. The van der Waals surface area contributed by atoms with Crippen molar-refractivity contribution in [1.29, 1.82) is 0 Å². The fraction of sp³-hybridized carbons (Fsp3) is 0.500. The Morgan fingerprint density at radius 3 is 2.39 bits per heavy atom. The molecule has 6 nitrogen and oxygen atoms in total. The molecule has 1 amide bonds. The van der Waals surface area contributed by atoms with E-state index in [1.54, 1.807) is 25.3 Å². The number of hydrogen-bond donors (Lipinski definition) is 0. The highest BCUT2D eigenvalue weighted by atomic mass is 35.5. The van der Waals surface area contributed by atoms with Crippen molar-refractivity contribution in [2.75, 3.05) is 33.8 Å². The molecule has 2 aliphatic rings. The first-order chi connectivity index (χ1) is 14.8. The lowest BCUT2D eigenvalue weighted by molar-refractivity contribution is 0.0127. The third-order valence-corrected chi connectivity index (χ3v) is 7.20. The molecule has 0 aliphatic carbocycles. The van der Waals surface area contributed by atoms with Crippen molar-refractivity contribution in [3.8, 4) is 5.75 Å². The van der Waals surface area contributed by atoms with Crippen molar-refractivity contribution in [3.05, 3.63) is 52.3 Å². The molecule has 0 unspecified atom stereocenters. The van der Waals surface area contributed by atoms with E-state index in [-0.39, 0.29) is 23.1 Å². The smallest absolute Gasteiger partial charge is 0.253 e. The molecule has 1 aromatic heterocycles. The van der Waals surface area contributed by atoms with Crippen LogP contribution in [0, 0.1) is 5.92 Å². The fourth-order valence-corrected chi connectivity index (χ4v) is 5.24. The summed E-state index contributed by atoms with van der Waals surface area (Å²) in [5.41, 5.74) is 2.43. The van der Waals surface area contributed by atoms with Crippen molar-refractivity contribution < 1.29 is 14.3 Å². The summed E-state index contributed by atoms with van der Waals surface area (Å²) >= 11 is 6.22. The number of hydrogen-bond acceptors (Lipinski definition) is 4. The second-order valence-electron chi connectivity index (χ2n) is 8.87. The van der Waals surface area contributed by atoms with Crippen LogP contribution in [0.2, 0.25) is 5.02 Å². The van der Waals surface area contributed by atoms with Crippen LogP contribution in [0.5, 0.6) is 5.75 Å². The number of piperidine rings is 1. The summed E-state index contributed by atoms with van der Waals surface area (Å²) in [4.78, 5) is 30.1. The zero-order valence-electron chi connectivity index (χ0n) is 18.7. The number of Topliss-reactive ketones (excluding diaryl/α,β-unsaturated/α-hetero) is 1. The molecule has 0 radical (unpaired) electrons. The Balaban J connectivity index is 1.56. The number of halogens is 1. The van der Waals surface area contributed by atoms with Crippen molar-refractivity contribution >= 4 is 23.3 Å². The summed E-state index contributed by atoms with van der Waals surface area (Å²) in [6.07, 6.45) is 1.66. The Kier molecular flexibility index (Phi) is 5.88. The monoisotopic (exact) mass is 443 g/mol. The minimum Gasteiger partial charge on any atom is -0.495 e. The number of likely N-dealkylation sites (tertiary alicyclic amines) is 1. The summed E-state index contributed by atoms with van der Waals surface area (Å²) in [6, 6.07) is 9.27. The largest absolute Gasteiger partial charge is 0.495 e. The number of carbonyl (C=O) groups is 2. The Labute approximate surface area is 188 Å². The minimum absolute atomic E-state index is 0.0103. The Morgan fingerprint density at radius 2 is 1.77 bits per heavy atom. The first kappa shape index (κ1) is 21.9. The third kappa shape index (κ3) is 3.66. The van der Waals surface area contributed by atoms with E-state index in [2.05, 4.69) is 22.6 Å². The van der Waals surface area contributed by atoms with Crippen LogP contribution in [0.25, 0.3) is 0 Å². The van der Waals surface area contributed by atoms with Crippen LogP contribution < -0.4 is 4.74 Å². The fourth-order valence-electron chi connectivity index (χ4n) is 4.98. The van der Waals surface area contributed by atoms with Gasteiger partial charge in [-0.05, 0) is 50.2 Å². The lowest BCUT2D eigenvalue weighted by Crippen LogP contribution is -2.56. The molecular weight excluding hydrogens is 414 g/mol. The minimum atomic E-state index is -0.151. The molecule has 1 aromatic carbocycles. The quantitative estimate of drug-likeness (QED) is 0.668. The number of benzene rings is 1. The van der Waals surface area contributed by atoms with Gasteiger partial charge in [0.15, 0.2) is 5.78 Å². The SMILES string of the molecule is COc1ccc(C(=O)N2CCC3(CC2)c2ccc(C(=O)C(C)C)n2CCN3C)cc1Cl. The molecule has 4 rings (SSSR count). The van der Waals surface area contributed by atoms with Crippen LogP contribution in [-0.2, 0) is 12.1 Å². The molecule has 2 aliphatic heterocycles. The van der Waals surface area contributed by atoms with E-state index in [9.17, 15) is 9.59 Å². The van der Waals surface area contributed by atoms with E-state index < -0.39 is 0 Å². The predicted octanol–water partition coefficient (Wildman–Crippen LogP) is 4.07. The van der Waals surface area contributed by atoms with Gasteiger partial charge in [-0.3, -0.25) is 14.5 Å². The number of rotatable bonds is 4. The van der Waals surface area contributed by atoms with Crippen LogP contribution in [0.4, 0.5) is 0 Å². The van der Waals surface area contributed by atoms with Crippen LogP contribution in [-0.4, -0.2) is 59.8 Å². The van der Waals surface area contributed by atoms with Crippen LogP contribution in [0.15, 0.2) is 30.3 Å². The molecule has 2 aromatic rings. The topological polar surface area (TPSA) is 54.8 Å². The number of aromatic nitrogens is 1. The third-order valence-electron chi connectivity index (χ3n) is 6.90. The standard InChI is InChI=1S/C24H30ClN3O3/c1-16(2)22(29)19-6-8-21-24(26(3)13-14-28(19)21)9-11-27(12-10-24)23(30)17-5-7-20(31-4)18(25)15-17/h5-8,15-16H,9-14H2,1-4H3. The molecule has 0 N–H and O–H groups in total. The molecule has 0 saturated carbocycles. The van der Waals surface area contributed by atoms with Crippen molar-refractivity contribution in [1.82, 2.24) is 14.4 Å². The van der Waals surface area contributed by atoms with Gasteiger partial charge in [-0.25, -0.2) is 0 Å². The summed E-state index contributed by atoms with van der Waals surface area (Å²) in [5, 5.41) is 0.439. The molecule has 166 valence electrons. The molecule has 1 saturated heterocycles. The van der Waals surface area contributed by atoms with Gasteiger partial charge in [0.1, 0.15) is 5.75 Å². The Hall–Kier alpha value is -2.31. The van der Waals surface area contributed by atoms with Gasteiger partial charge < -0.3 is 14.2 Å². The number of ketones is 1. The number of methoxy groups -OCH3 is 1. The van der Waals surface area contributed by atoms with Crippen LogP contribution in [0.3, 0.4) is 0 Å². The van der Waals surface area contributed by atoms with Gasteiger partial charge in [0.2, 0.25) is 0 Å². The molecule has 31 heavy (non-hydrogen) atoms. The first-order valence-electron chi connectivity index (χ1n) is 10.9. The highest BCUT2D eigenvalue weighted by Crippen LogP contribution is 2.42. The number of amides is 1. The summed E-state index contributed by atoms with van der Waals surface area (Å²) in [7, 11) is 3.71. The molecule has 1 fully saturated rings. The van der Waals surface area contributed by atoms with Gasteiger partial charge in [-0.1, -0.05) is 25.4 Å². The molecular formula is C24H30ClN3O3. The van der Waals surface area contributed by atoms with Crippen molar-refractivity contribution in [2.45, 2.75) is 38.8 Å². The number of carbonyl (C=O) groups excluding carboxylic acids is 2. The second-order valence-corrected chi connectivity index (χ2v) is 9.28. The zero-order chi connectivity index (χ0) is 22.3. The summed E-state index contributed by atoms with van der Waals surface area (Å²) < 4.78 is 7.40. The van der Waals surface area contributed by atoms with Crippen LogP contribution in [0.1, 0.15) is 53.2 Å². The molecule has 0 atom stereocenters. The average molecular weight is 444 g/mol. The molecule has 3 heterocycles. The van der Waals surface area contributed by atoms with Gasteiger partial charge >= 0.3 is 0 Å². The zero-order valence-corrected chi connectivity index (χ0v) is 19.4. The normalized spacial score (nSPS) is 18.3. The molecule has 0 bridgehead atoms. The summed E-state index contributed by atoms with van der Waals surface area (Å²) in [6.45, 7) is 6.92. The van der Waals surface area contributed by atoms with E-state index in [1.807, 2.05) is 24.8 Å². The number of nitrogens with zero attached hydrogens (tertiary/aromatic N) is 3. The number of ether oxygens (including phenoxy) is 1. The molecule has 7 heteroatoms. The average Bonchev–Trinajstić information content (AvgIpc) is 3.20. The number of likely N-dealkylation sites (N-methyl/N-ethyl adjacent to an activating group) is 1.